The minimum Gasteiger partial charge on any atom is -0.502 e. The van der Waals surface area contributed by atoms with Gasteiger partial charge in [0.05, 0.1) is 26.5 Å². The first-order valence-corrected chi connectivity index (χ1v) is 6.89. The van der Waals surface area contributed by atoms with Crippen molar-refractivity contribution in [3.63, 3.8) is 0 Å². The van der Waals surface area contributed by atoms with Gasteiger partial charge in [-0.2, -0.15) is 0 Å². The van der Waals surface area contributed by atoms with Crippen molar-refractivity contribution in [3.05, 3.63) is 42.0 Å². The SMILES string of the molecule is CCOc1ccc(/N=C/c2cc(OC)c(O)c(OC)c2)cc1. The largest absolute Gasteiger partial charge is 0.502 e. The van der Waals surface area contributed by atoms with Crippen molar-refractivity contribution in [1.82, 2.24) is 0 Å². The number of aromatic hydroxyl groups is 1. The van der Waals surface area contributed by atoms with Gasteiger partial charge >= 0.3 is 0 Å². The van der Waals surface area contributed by atoms with Gasteiger partial charge in [-0.15, -0.1) is 0 Å². The monoisotopic (exact) mass is 301 g/mol. The smallest absolute Gasteiger partial charge is 0.200 e. The highest BCUT2D eigenvalue weighted by Crippen LogP contribution is 2.36. The summed E-state index contributed by atoms with van der Waals surface area (Å²) in [5.74, 6) is 1.47. The van der Waals surface area contributed by atoms with Crippen LogP contribution in [-0.4, -0.2) is 32.1 Å². The van der Waals surface area contributed by atoms with Gasteiger partial charge in [0.1, 0.15) is 5.75 Å². The molecule has 0 saturated heterocycles. The van der Waals surface area contributed by atoms with Crippen LogP contribution >= 0.6 is 0 Å². The minimum atomic E-state index is -0.0248. The molecule has 0 aliphatic carbocycles. The summed E-state index contributed by atoms with van der Waals surface area (Å²) < 4.78 is 15.6. The van der Waals surface area contributed by atoms with Crippen molar-refractivity contribution in [2.24, 2.45) is 4.99 Å². The van der Waals surface area contributed by atoms with E-state index >= 15 is 0 Å². The van der Waals surface area contributed by atoms with E-state index in [1.54, 1.807) is 18.3 Å². The van der Waals surface area contributed by atoms with Crippen LogP contribution in [0.5, 0.6) is 23.0 Å². The molecule has 2 aromatic carbocycles. The lowest BCUT2D eigenvalue weighted by Gasteiger charge is -2.09. The van der Waals surface area contributed by atoms with Gasteiger partial charge < -0.3 is 19.3 Å². The Bertz CT molecular complexity index is 625. The predicted octanol–water partition coefficient (Wildman–Crippen LogP) is 3.56. The second kappa shape index (κ2) is 7.36. The maximum absolute atomic E-state index is 9.87. The van der Waals surface area contributed by atoms with Crippen molar-refractivity contribution in [1.29, 1.82) is 0 Å². The molecule has 0 saturated carbocycles. The van der Waals surface area contributed by atoms with Crippen LogP contribution in [0, 0.1) is 0 Å². The van der Waals surface area contributed by atoms with E-state index < -0.39 is 0 Å². The average Bonchev–Trinajstić information content (AvgIpc) is 2.55. The number of rotatable bonds is 6. The summed E-state index contributed by atoms with van der Waals surface area (Å²) in [5, 5.41) is 9.87. The number of nitrogens with zero attached hydrogens (tertiary/aromatic N) is 1. The maximum atomic E-state index is 9.87. The summed E-state index contributed by atoms with van der Waals surface area (Å²) in [6.07, 6.45) is 1.68. The number of phenols is 1. The first kappa shape index (κ1) is 15.7. The van der Waals surface area contributed by atoms with E-state index in [-0.39, 0.29) is 5.75 Å². The van der Waals surface area contributed by atoms with Crippen LogP contribution in [0.3, 0.4) is 0 Å². The zero-order chi connectivity index (χ0) is 15.9. The Kier molecular flexibility index (Phi) is 5.25. The molecule has 0 aliphatic heterocycles. The Labute approximate surface area is 129 Å². The number of phenolic OH excluding ortho intramolecular Hbond substituents is 1. The third-order valence-corrected chi connectivity index (χ3v) is 3.01. The Morgan fingerprint density at radius 2 is 1.64 bits per heavy atom. The summed E-state index contributed by atoms with van der Waals surface area (Å²) in [6, 6.07) is 10.9. The highest BCUT2D eigenvalue weighted by molar-refractivity contribution is 5.84. The standard InChI is InChI=1S/C17H19NO4/c1-4-22-14-7-5-13(6-8-14)18-11-12-9-15(20-2)17(19)16(10-12)21-3/h5-11,19H,4H2,1-3H3/b18-11+. The third kappa shape index (κ3) is 3.69. The van der Waals surface area contributed by atoms with Crippen LogP contribution in [0.2, 0.25) is 0 Å². The molecule has 0 aliphatic rings. The molecule has 0 bridgehead atoms. The van der Waals surface area contributed by atoms with Crippen LogP contribution in [0.25, 0.3) is 0 Å². The van der Waals surface area contributed by atoms with Gasteiger partial charge in [0.25, 0.3) is 0 Å². The van der Waals surface area contributed by atoms with E-state index in [1.807, 2.05) is 31.2 Å². The lowest BCUT2D eigenvalue weighted by molar-refractivity contribution is 0.340. The molecular formula is C17H19NO4. The lowest BCUT2D eigenvalue weighted by Crippen LogP contribution is -1.92. The van der Waals surface area contributed by atoms with Gasteiger partial charge in [0, 0.05) is 11.8 Å². The summed E-state index contributed by atoms with van der Waals surface area (Å²) in [6.45, 7) is 2.58. The highest BCUT2D eigenvalue weighted by Gasteiger charge is 2.10. The molecule has 1 N–H and O–H groups in total. The maximum Gasteiger partial charge on any atom is 0.200 e. The number of hydrogen-bond acceptors (Lipinski definition) is 5. The van der Waals surface area contributed by atoms with Crippen LogP contribution in [-0.2, 0) is 0 Å². The summed E-state index contributed by atoms with van der Waals surface area (Å²) in [7, 11) is 2.98. The molecule has 2 aromatic rings. The van der Waals surface area contributed by atoms with E-state index in [0.29, 0.717) is 18.1 Å². The number of methoxy groups -OCH3 is 2. The first-order valence-electron chi connectivity index (χ1n) is 6.89. The van der Waals surface area contributed by atoms with Crippen molar-refractivity contribution in [3.8, 4) is 23.0 Å². The molecule has 0 spiro atoms. The minimum absolute atomic E-state index is 0.0248. The quantitative estimate of drug-likeness (QED) is 0.829. The van der Waals surface area contributed by atoms with Gasteiger partial charge in [-0.05, 0) is 43.3 Å². The van der Waals surface area contributed by atoms with Gasteiger partial charge in [0.15, 0.2) is 11.5 Å². The molecule has 5 nitrogen and oxygen atoms in total. The molecule has 2 rings (SSSR count). The molecule has 0 fully saturated rings. The lowest BCUT2D eigenvalue weighted by atomic mass is 10.2. The fourth-order valence-electron chi connectivity index (χ4n) is 1.93. The van der Waals surface area contributed by atoms with Gasteiger partial charge in [0.2, 0.25) is 5.75 Å². The Morgan fingerprint density at radius 3 is 2.14 bits per heavy atom. The second-order valence-electron chi connectivity index (χ2n) is 4.46. The van der Waals surface area contributed by atoms with Gasteiger partial charge in [-0.3, -0.25) is 4.99 Å². The normalized spacial score (nSPS) is 10.7. The molecular weight excluding hydrogens is 282 g/mol. The number of ether oxygens (including phenoxy) is 3. The Morgan fingerprint density at radius 1 is 1.05 bits per heavy atom. The molecule has 0 amide bonds. The van der Waals surface area contributed by atoms with Crippen molar-refractivity contribution in [2.75, 3.05) is 20.8 Å². The van der Waals surface area contributed by atoms with E-state index in [0.717, 1.165) is 17.0 Å². The van der Waals surface area contributed by atoms with Crippen LogP contribution in [0.1, 0.15) is 12.5 Å². The summed E-state index contributed by atoms with van der Waals surface area (Å²) >= 11 is 0. The second-order valence-corrected chi connectivity index (χ2v) is 4.46. The van der Waals surface area contributed by atoms with E-state index in [4.69, 9.17) is 14.2 Å². The van der Waals surface area contributed by atoms with E-state index in [9.17, 15) is 5.11 Å². The molecule has 0 atom stereocenters. The average molecular weight is 301 g/mol. The summed E-state index contributed by atoms with van der Waals surface area (Å²) in [5.41, 5.74) is 1.56. The molecule has 116 valence electrons. The predicted molar refractivity (Wildman–Crippen MR) is 86.1 cm³/mol. The number of aliphatic imine (C=N–C) groups is 1. The highest BCUT2D eigenvalue weighted by atomic mass is 16.5. The first-order chi connectivity index (χ1) is 10.7. The topological polar surface area (TPSA) is 60.3 Å². The Hall–Kier alpha value is -2.69. The summed E-state index contributed by atoms with van der Waals surface area (Å²) in [4.78, 5) is 4.38. The Balaban J connectivity index is 2.22. The fourth-order valence-corrected chi connectivity index (χ4v) is 1.93. The fraction of sp³-hybridized carbons (Fsp3) is 0.235. The number of benzene rings is 2. The van der Waals surface area contributed by atoms with Crippen molar-refractivity contribution < 1.29 is 19.3 Å². The zero-order valence-corrected chi connectivity index (χ0v) is 12.9. The van der Waals surface area contributed by atoms with E-state index in [2.05, 4.69) is 4.99 Å². The van der Waals surface area contributed by atoms with Crippen LogP contribution < -0.4 is 14.2 Å². The molecule has 0 heterocycles. The molecule has 22 heavy (non-hydrogen) atoms. The van der Waals surface area contributed by atoms with Crippen LogP contribution in [0.15, 0.2) is 41.4 Å². The van der Waals surface area contributed by atoms with Gasteiger partial charge in [-0.25, -0.2) is 0 Å². The molecule has 0 unspecified atom stereocenters. The zero-order valence-electron chi connectivity index (χ0n) is 12.9. The van der Waals surface area contributed by atoms with Crippen molar-refractivity contribution >= 4 is 11.9 Å². The third-order valence-electron chi connectivity index (χ3n) is 3.01. The van der Waals surface area contributed by atoms with Crippen LogP contribution in [0.4, 0.5) is 5.69 Å². The van der Waals surface area contributed by atoms with Crippen molar-refractivity contribution in [2.45, 2.75) is 6.92 Å². The van der Waals surface area contributed by atoms with E-state index in [1.165, 1.54) is 14.2 Å². The molecule has 0 radical (unpaired) electrons. The van der Waals surface area contributed by atoms with Gasteiger partial charge in [-0.1, -0.05) is 0 Å². The number of hydrogen-bond donors (Lipinski definition) is 1. The molecule has 5 heteroatoms. The molecule has 0 aromatic heterocycles.